The SMILES string of the molecule is CCC(CC)(CN)C(=O)Nc1ccc(F)c(-n2nnnc2C)c1. The molecule has 124 valence electrons. The molecule has 0 saturated heterocycles. The molecule has 0 aliphatic carbocycles. The van der Waals surface area contributed by atoms with Crippen LogP contribution in [0.2, 0.25) is 0 Å². The van der Waals surface area contributed by atoms with E-state index in [0.29, 0.717) is 24.4 Å². The highest BCUT2D eigenvalue weighted by atomic mass is 19.1. The van der Waals surface area contributed by atoms with Gasteiger partial charge < -0.3 is 11.1 Å². The molecule has 0 fully saturated rings. The summed E-state index contributed by atoms with van der Waals surface area (Å²) in [6.07, 6.45) is 1.26. The maximum absolute atomic E-state index is 14.0. The molecule has 2 rings (SSSR count). The van der Waals surface area contributed by atoms with Crippen molar-refractivity contribution in [3.8, 4) is 5.69 Å². The van der Waals surface area contributed by atoms with Crippen LogP contribution in [0.5, 0.6) is 0 Å². The molecular formula is C15H21FN6O. The van der Waals surface area contributed by atoms with Crippen molar-refractivity contribution < 1.29 is 9.18 Å². The van der Waals surface area contributed by atoms with Gasteiger partial charge in [-0.05, 0) is 48.4 Å². The average molecular weight is 320 g/mol. The van der Waals surface area contributed by atoms with Crippen molar-refractivity contribution in [1.29, 1.82) is 0 Å². The summed E-state index contributed by atoms with van der Waals surface area (Å²) in [6, 6.07) is 4.28. The molecule has 0 aliphatic heterocycles. The van der Waals surface area contributed by atoms with Crippen molar-refractivity contribution in [3.63, 3.8) is 0 Å². The highest BCUT2D eigenvalue weighted by Crippen LogP contribution is 2.27. The minimum atomic E-state index is -0.626. The molecule has 1 amide bonds. The van der Waals surface area contributed by atoms with E-state index in [4.69, 9.17) is 5.73 Å². The highest BCUT2D eigenvalue weighted by Gasteiger charge is 2.33. The second-order valence-corrected chi connectivity index (χ2v) is 5.45. The van der Waals surface area contributed by atoms with Crippen LogP contribution in [-0.2, 0) is 4.79 Å². The number of aromatic nitrogens is 4. The minimum absolute atomic E-state index is 0.170. The first-order valence-corrected chi connectivity index (χ1v) is 7.54. The van der Waals surface area contributed by atoms with E-state index < -0.39 is 11.2 Å². The third kappa shape index (κ3) is 3.21. The van der Waals surface area contributed by atoms with Crippen LogP contribution in [0.25, 0.3) is 5.69 Å². The van der Waals surface area contributed by atoms with Gasteiger partial charge in [0.2, 0.25) is 5.91 Å². The zero-order chi connectivity index (χ0) is 17.0. The Morgan fingerprint density at radius 1 is 1.39 bits per heavy atom. The summed E-state index contributed by atoms with van der Waals surface area (Å²) in [5.74, 6) is -0.198. The van der Waals surface area contributed by atoms with E-state index in [1.807, 2.05) is 13.8 Å². The van der Waals surface area contributed by atoms with E-state index in [-0.39, 0.29) is 18.1 Å². The number of halogens is 1. The Morgan fingerprint density at radius 3 is 2.61 bits per heavy atom. The first-order valence-electron chi connectivity index (χ1n) is 7.54. The van der Waals surface area contributed by atoms with Gasteiger partial charge in [-0.1, -0.05) is 13.8 Å². The number of hydrogen-bond acceptors (Lipinski definition) is 5. The van der Waals surface area contributed by atoms with Crippen LogP contribution in [0.1, 0.15) is 32.5 Å². The van der Waals surface area contributed by atoms with Crippen molar-refractivity contribution in [1.82, 2.24) is 20.2 Å². The number of nitrogens with one attached hydrogen (secondary N) is 1. The highest BCUT2D eigenvalue weighted by molar-refractivity contribution is 5.95. The molecule has 0 spiro atoms. The molecule has 0 atom stereocenters. The van der Waals surface area contributed by atoms with Crippen LogP contribution in [0, 0.1) is 18.2 Å². The Morgan fingerprint density at radius 2 is 2.09 bits per heavy atom. The van der Waals surface area contributed by atoms with E-state index >= 15 is 0 Å². The van der Waals surface area contributed by atoms with Gasteiger partial charge >= 0.3 is 0 Å². The molecule has 0 saturated carbocycles. The van der Waals surface area contributed by atoms with E-state index in [2.05, 4.69) is 20.8 Å². The molecule has 7 nitrogen and oxygen atoms in total. The van der Waals surface area contributed by atoms with Gasteiger partial charge in [-0.3, -0.25) is 4.79 Å². The number of tetrazole rings is 1. The van der Waals surface area contributed by atoms with Crippen LogP contribution >= 0.6 is 0 Å². The Balaban J connectivity index is 2.32. The first kappa shape index (κ1) is 17.0. The number of amides is 1. The fourth-order valence-corrected chi connectivity index (χ4v) is 2.42. The van der Waals surface area contributed by atoms with E-state index in [9.17, 15) is 9.18 Å². The Kier molecular flexibility index (Phi) is 5.05. The third-order valence-electron chi connectivity index (χ3n) is 4.28. The molecule has 0 unspecified atom stereocenters. The standard InChI is InChI=1S/C15H21FN6O/c1-4-15(5-2,9-17)14(23)18-11-6-7-12(16)13(8-11)22-10(3)19-20-21-22/h6-8H,4-5,9,17H2,1-3H3,(H,18,23). The summed E-state index contributed by atoms with van der Waals surface area (Å²) < 4.78 is 15.3. The van der Waals surface area contributed by atoms with Gasteiger partial charge in [0, 0.05) is 12.2 Å². The predicted molar refractivity (Wildman–Crippen MR) is 84.5 cm³/mol. The van der Waals surface area contributed by atoms with Crippen molar-refractivity contribution in [3.05, 3.63) is 29.8 Å². The second-order valence-electron chi connectivity index (χ2n) is 5.45. The van der Waals surface area contributed by atoms with Crippen molar-refractivity contribution in [2.45, 2.75) is 33.6 Å². The number of hydrogen-bond donors (Lipinski definition) is 2. The summed E-state index contributed by atoms with van der Waals surface area (Å²) in [5, 5.41) is 13.8. The minimum Gasteiger partial charge on any atom is -0.329 e. The summed E-state index contributed by atoms with van der Waals surface area (Å²) in [6.45, 7) is 5.78. The molecule has 0 aliphatic rings. The van der Waals surface area contributed by atoms with Gasteiger partial charge in [-0.25, -0.2) is 4.39 Å². The lowest BCUT2D eigenvalue weighted by Crippen LogP contribution is -2.41. The number of aryl methyl sites for hydroxylation is 1. The van der Waals surface area contributed by atoms with Gasteiger partial charge in [0.25, 0.3) is 0 Å². The van der Waals surface area contributed by atoms with Gasteiger partial charge in [-0.15, -0.1) is 5.10 Å². The molecule has 1 aromatic heterocycles. The van der Waals surface area contributed by atoms with Crippen molar-refractivity contribution in [2.75, 3.05) is 11.9 Å². The molecule has 23 heavy (non-hydrogen) atoms. The third-order valence-corrected chi connectivity index (χ3v) is 4.28. The molecule has 1 heterocycles. The van der Waals surface area contributed by atoms with E-state index in [1.165, 1.54) is 22.9 Å². The lowest BCUT2D eigenvalue weighted by Gasteiger charge is -2.28. The number of carbonyl (C=O) groups excluding carboxylic acids is 1. The van der Waals surface area contributed by atoms with Crippen molar-refractivity contribution in [2.24, 2.45) is 11.1 Å². The Bertz CT molecular complexity index is 687. The smallest absolute Gasteiger partial charge is 0.231 e. The molecule has 3 N–H and O–H groups in total. The normalized spacial score (nSPS) is 11.5. The number of anilines is 1. The van der Waals surface area contributed by atoms with Crippen LogP contribution in [-0.4, -0.2) is 32.7 Å². The quantitative estimate of drug-likeness (QED) is 0.846. The first-order chi connectivity index (χ1) is 11.0. The lowest BCUT2D eigenvalue weighted by molar-refractivity contribution is -0.125. The molecule has 1 aromatic carbocycles. The summed E-state index contributed by atoms with van der Waals surface area (Å²) in [5.41, 5.74) is 5.81. The Hall–Kier alpha value is -2.35. The summed E-state index contributed by atoms with van der Waals surface area (Å²) in [4.78, 5) is 12.5. The van der Waals surface area contributed by atoms with Gasteiger partial charge in [-0.2, -0.15) is 4.68 Å². The number of nitrogens with zero attached hydrogens (tertiary/aromatic N) is 4. The van der Waals surface area contributed by atoms with Crippen LogP contribution in [0.4, 0.5) is 10.1 Å². The predicted octanol–water partition coefficient (Wildman–Crippen LogP) is 1.81. The number of nitrogens with two attached hydrogens (primary N) is 1. The number of carbonyl (C=O) groups is 1. The molecule has 0 bridgehead atoms. The van der Waals surface area contributed by atoms with Crippen molar-refractivity contribution >= 4 is 11.6 Å². The average Bonchev–Trinajstić information content (AvgIpc) is 2.97. The molecule has 8 heteroatoms. The Labute approximate surface area is 134 Å². The fourth-order valence-electron chi connectivity index (χ4n) is 2.42. The molecular weight excluding hydrogens is 299 g/mol. The summed E-state index contributed by atoms with van der Waals surface area (Å²) in [7, 11) is 0. The maximum Gasteiger partial charge on any atom is 0.231 e. The number of benzene rings is 1. The molecule has 0 radical (unpaired) electrons. The zero-order valence-corrected chi connectivity index (χ0v) is 13.5. The monoisotopic (exact) mass is 320 g/mol. The van der Waals surface area contributed by atoms with Crippen LogP contribution in [0.3, 0.4) is 0 Å². The van der Waals surface area contributed by atoms with E-state index in [0.717, 1.165) is 0 Å². The summed E-state index contributed by atoms with van der Waals surface area (Å²) >= 11 is 0. The van der Waals surface area contributed by atoms with Crippen LogP contribution < -0.4 is 11.1 Å². The number of rotatable bonds is 6. The second kappa shape index (κ2) is 6.82. The van der Waals surface area contributed by atoms with Gasteiger partial charge in [0.1, 0.15) is 11.5 Å². The molecule has 2 aromatic rings. The fraction of sp³-hybridized carbons (Fsp3) is 0.467. The van der Waals surface area contributed by atoms with E-state index in [1.54, 1.807) is 6.92 Å². The van der Waals surface area contributed by atoms with Gasteiger partial charge in [0.15, 0.2) is 5.82 Å². The topological polar surface area (TPSA) is 98.7 Å². The van der Waals surface area contributed by atoms with Crippen LogP contribution in [0.15, 0.2) is 18.2 Å². The van der Waals surface area contributed by atoms with Gasteiger partial charge in [0.05, 0.1) is 5.41 Å². The largest absolute Gasteiger partial charge is 0.329 e. The maximum atomic E-state index is 14.0. The zero-order valence-electron chi connectivity index (χ0n) is 13.5. The lowest BCUT2D eigenvalue weighted by atomic mass is 9.81.